The van der Waals surface area contributed by atoms with E-state index in [9.17, 15) is 5.11 Å². The van der Waals surface area contributed by atoms with Gasteiger partial charge in [-0.1, -0.05) is 22.0 Å². The molecule has 0 radical (unpaired) electrons. The molecule has 4 rings (SSSR count). The quantitative estimate of drug-likeness (QED) is 0.468. The highest BCUT2D eigenvalue weighted by atomic mass is 79.9. The van der Waals surface area contributed by atoms with Gasteiger partial charge in [0.1, 0.15) is 17.1 Å². The number of hydrogen-bond acceptors (Lipinski definition) is 3. The van der Waals surface area contributed by atoms with E-state index in [1.807, 2.05) is 30.3 Å². The molecule has 0 atom stereocenters. The van der Waals surface area contributed by atoms with Gasteiger partial charge in [0.2, 0.25) is 0 Å². The van der Waals surface area contributed by atoms with Gasteiger partial charge in [-0.15, -0.1) is 0 Å². The molecule has 1 aromatic heterocycles. The highest BCUT2D eigenvalue weighted by Gasteiger charge is 2.22. The first-order chi connectivity index (χ1) is 11.6. The first-order valence-corrected chi connectivity index (χ1v) is 9.47. The molecule has 0 spiro atoms. The molecular formula is C19H15Br2NO2. The van der Waals surface area contributed by atoms with Gasteiger partial charge >= 0.3 is 0 Å². The molecule has 24 heavy (non-hydrogen) atoms. The lowest BCUT2D eigenvalue weighted by molar-refractivity contribution is 0.471. The third-order valence-electron chi connectivity index (χ3n) is 4.36. The van der Waals surface area contributed by atoms with Gasteiger partial charge in [-0.05, 0) is 59.5 Å². The van der Waals surface area contributed by atoms with Gasteiger partial charge in [-0.25, -0.2) is 0 Å². The molecule has 1 N–H and O–H groups in total. The maximum Gasteiger partial charge on any atom is 0.139 e. The van der Waals surface area contributed by atoms with Crippen molar-refractivity contribution < 1.29 is 9.52 Å². The summed E-state index contributed by atoms with van der Waals surface area (Å²) in [6.07, 6.45) is 5.99. The van der Waals surface area contributed by atoms with Crippen LogP contribution >= 0.6 is 31.9 Å². The van der Waals surface area contributed by atoms with E-state index in [0.717, 1.165) is 52.6 Å². The Morgan fingerprint density at radius 1 is 1.12 bits per heavy atom. The summed E-state index contributed by atoms with van der Waals surface area (Å²) < 4.78 is 7.62. The molecule has 0 amide bonds. The van der Waals surface area contributed by atoms with Crippen molar-refractivity contribution in [2.45, 2.75) is 25.7 Å². The standard InChI is InChI=1S/C19H15Br2NO2/c20-11-4-3-5-12(8-11)22-10-14-18-13-6-1-2-7-16(13)24-17(18)9-15(21)19(14)23/h3-5,8-10,23H,1-2,6-7H2. The SMILES string of the molecule is Oc1c(Br)cc2oc3c(c2c1C=Nc1cccc(Br)c1)CCCC3. The van der Waals surface area contributed by atoms with E-state index in [1.165, 1.54) is 5.56 Å². The van der Waals surface area contributed by atoms with Crippen molar-refractivity contribution in [1.82, 2.24) is 0 Å². The molecule has 1 aliphatic carbocycles. The van der Waals surface area contributed by atoms with Crippen LogP contribution in [0.5, 0.6) is 5.75 Å². The summed E-state index contributed by atoms with van der Waals surface area (Å²) in [4.78, 5) is 4.54. The second-order valence-corrected chi connectivity index (χ2v) is 7.71. The molecule has 0 unspecified atom stereocenters. The van der Waals surface area contributed by atoms with Crippen LogP contribution < -0.4 is 0 Å². The summed E-state index contributed by atoms with van der Waals surface area (Å²) in [5.74, 6) is 1.25. The van der Waals surface area contributed by atoms with Crippen LogP contribution in [0.15, 0.2) is 48.7 Å². The van der Waals surface area contributed by atoms with Crippen LogP contribution in [-0.4, -0.2) is 11.3 Å². The molecule has 1 aliphatic rings. The molecule has 3 nitrogen and oxygen atoms in total. The van der Waals surface area contributed by atoms with Crippen LogP contribution in [0.4, 0.5) is 5.69 Å². The first-order valence-electron chi connectivity index (χ1n) is 7.89. The Morgan fingerprint density at radius 3 is 2.79 bits per heavy atom. The number of furan rings is 1. The topological polar surface area (TPSA) is 45.7 Å². The van der Waals surface area contributed by atoms with E-state index in [0.29, 0.717) is 10.0 Å². The molecule has 0 fully saturated rings. The lowest BCUT2D eigenvalue weighted by Crippen LogP contribution is -1.99. The van der Waals surface area contributed by atoms with E-state index < -0.39 is 0 Å². The predicted molar refractivity (Wildman–Crippen MR) is 104 cm³/mol. The van der Waals surface area contributed by atoms with Gasteiger partial charge in [0.15, 0.2) is 0 Å². The Bertz CT molecular complexity index is 960. The molecule has 3 aromatic rings. The number of benzene rings is 2. The fourth-order valence-electron chi connectivity index (χ4n) is 3.24. The Kier molecular flexibility index (Phi) is 4.22. The average molecular weight is 449 g/mol. The van der Waals surface area contributed by atoms with Gasteiger partial charge in [-0.2, -0.15) is 0 Å². The lowest BCUT2D eigenvalue weighted by atomic mass is 9.94. The van der Waals surface area contributed by atoms with Gasteiger partial charge in [0, 0.05) is 33.6 Å². The maximum atomic E-state index is 10.6. The smallest absolute Gasteiger partial charge is 0.139 e. The number of halogens is 2. The first kappa shape index (κ1) is 15.9. The van der Waals surface area contributed by atoms with E-state index >= 15 is 0 Å². The minimum Gasteiger partial charge on any atom is -0.506 e. The summed E-state index contributed by atoms with van der Waals surface area (Å²) in [5.41, 5.74) is 3.57. The van der Waals surface area contributed by atoms with Crippen LogP contribution in [0.1, 0.15) is 29.7 Å². The Hall–Kier alpha value is -1.59. The van der Waals surface area contributed by atoms with Gasteiger partial charge < -0.3 is 9.52 Å². The fourth-order valence-corrected chi connectivity index (χ4v) is 4.04. The minimum absolute atomic E-state index is 0.204. The Morgan fingerprint density at radius 2 is 1.96 bits per heavy atom. The zero-order valence-corrected chi connectivity index (χ0v) is 16.0. The molecule has 0 aliphatic heterocycles. The lowest BCUT2D eigenvalue weighted by Gasteiger charge is -2.10. The summed E-state index contributed by atoms with van der Waals surface area (Å²) in [5, 5.41) is 11.5. The molecule has 122 valence electrons. The number of fused-ring (bicyclic) bond motifs is 3. The molecule has 1 heterocycles. The van der Waals surface area contributed by atoms with E-state index in [-0.39, 0.29) is 5.75 Å². The van der Waals surface area contributed by atoms with Crippen LogP contribution in [0.25, 0.3) is 11.0 Å². The molecule has 2 aromatic carbocycles. The number of aromatic hydroxyl groups is 1. The summed E-state index contributed by atoms with van der Waals surface area (Å²) >= 11 is 6.87. The molecule has 0 saturated carbocycles. The average Bonchev–Trinajstić information content (AvgIpc) is 2.93. The summed E-state index contributed by atoms with van der Waals surface area (Å²) in [7, 11) is 0. The van der Waals surface area contributed by atoms with Crippen molar-refractivity contribution in [3.63, 3.8) is 0 Å². The Labute approximate surface area is 156 Å². The second kappa shape index (κ2) is 6.37. The zero-order valence-electron chi connectivity index (χ0n) is 12.9. The number of aryl methyl sites for hydroxylation is 2. The van der Waals surface area contributed by atoms with Crippen molar-refractivity contribution >= 4 is 54.7 Å². The largest absolute Gasteiger partial charge is 0.506 e. The number of phenols is 1. The fraction of sp³-hybridized carbons (Fsp3) is 0.211. The van der Waals surface area contributed by atoms with Crippen LogP contribution in [0.3, 0.4) is 0 Å². The number of rotatable bonds is 2. The monoisotopic (exact) mass is 447 g/mol. The van der Waals surface area contributed by atoms with Gasteiger partial charge in [0.25, 0.3) is 0 Å². The van der Waals surface area contributed by atoms with Crippen LogP contribution in [-0.2, 0) is 12.8 Å². The van der Waals surface area contributed by atoms with Gasteiger partial charge in [0.05, 0.1) is 10.2 Å². The Balaban J connectivity index is 1.90. The highest BCUT2D eigenvalue weighted by Crippen LogP contribution is 2.40. The zero-order chi connectivity index (χ0) is 16.7. The third kappa shape index (κ3) is 2.80. The summed E-state index contributed by atoms with van der Waals surface area (Å²) in [6.45, 7) is 0. The summed E-state index contributed by atoms with van der Waals surface area (Å²) in [6, 6.07) is 9.61. The minimum atomic E-state index is 0.204. The number of aliphatic imine (C=N–C) groups is 1. The van der Waals surface area contributed by atoms with Crippen molar-refractivity contribution in [2.24, 2.45) is 4.99 Å². The van der Waals surface area contributed by atoms with Crippen molar-refractivity contribution in [1.29, 1.82) is 0 Å². The maximum absolute atomic E-state index is 10.6. The number of phenolic OH excluding ortho intramolecular Hbond substituents is 1. The van der Waals surface area contributed by atoms with Crippen LogP contribution in [0, 0.1) is 0 Å². The molecule has 5 heteroatoms. The van der Waals surface area contributed by atoms with E-state index in [1.54, 1.807) is 6.21 Å². The van der Waals surface area contributed by atoms with Crippen molar-refractivity contribution in [3.05, 3.63) is 56.2 Å². The van der Waals surface area contributed by atoms with Gasteiger partial charge in [-0.3, -0.25) is 4.99 Å². The molecule has 0 bridgehead atoms. The van der Waals surface area contributed by atoms with Crippen molar-refractivity contribution in [3.8, 4) is 5.75 Å². The second-order valence-electron chi connectivity index (χ2n) is 5.94. The van der Waals surface area contributed by atoms with Crippen LogP contribution in [0.2, 0.25) is 0 Å². The highest BCUT2D eigenvalue weighted by molar-refractivity contribution is 9.10. The molecular weight excluding hydrogens is 434 g/mol. The number of nitrogens with zero attached hydrogens (tertiary/aromatic N) is 1. The molecule has 0 saturated heterocycles. The third-order valence-corrected chi connectivity index (χ3v) is 5.46. The number of hydrogen-bond donors (Lipinski definition) is 1. The van der Waals surface area contributed by atoms with E-state index in [4.69, 9.17) is 4.42 Å². The predicted octanol–water partition coefficient (Wildman–Crippen LogP) is 6.29. The normalized spacial score (nSPS) is 14.4. The van der Waals surface area contributed by atoms with Crippen molar-refractivity contribution in [2.75, 3.05) is 0 Å². The van der Waals surface area contributed by atoms with E-state index in [2.05, 4.69) is 36.9 Å².